The Hall–Kier alpha value is -2.23. The van der Waals surface area contributed by atoms with Gasteiger partial charge in [-0.3, -0.25) is 9.59 Å². The minimum absolute atomic E-state index is 0.135. The number of hydrogen-bond donors (Lipinski definition) is 1. The lowest BCUT2D eigenvalue weighted by atomic mass is 10.2. The van der Waals surface area contributed by atoms with E-state index in [1.165, 1.54) is 21.7 Å². The molecule has 4 rings (SSSR count). The molecule has 0 saturated carbocycles. The topological polar surface area (TPSA) is 86.8 Å². The molecule has 2 amide bonds. The summed E-state index contributed by atoms with van der Waals surface area (Å²) in [4.78, 5) is 28.0. The van der Waals surface area contributed by atoms with E-state index in [2.05, 4.69) is 5.32 Å². The Morgan fingerprint density at radius 2 is 1.80 bits per heavy atom. The van der Waals surface area contributed by atoms with Gasteiger partial charge in [0.25, 0.3) is 5.91 Å². The van der Waals surface area contributed by atoms with Gasteiger partial charge in [0.05, 0.1) is 9.77 Å². The van der Waals surface area contributed by atoms with E-state index in [9.17, 15) is 18.0 Å². The number of thiophene rings is 1. The fourth-order valence-corrected chi connectivity index (χ4v) is 6.28. The average Bonchev–Trinajstić information content (AvgIpc) is 3.46. The molecule has 30 heavy (non-hydrogen) atoms. The summed E-state index contributed by atoms with van der Waals surface area (Å²) in [5, 5.41) is 4.66. The van der Waals surface area contributed by atoms with E-state index >= 15 is 0 Å². The van der Waals surface area contributed by atoms with Gasteiger partial charge in [-0.1, -0.05) is 18.6 Å². The van der Waals surface area contributed by atoms with E-state index in [1.54, 1.807) is 29.2 Å². The Balaban J connectivity index is 1.48. The first-order chi connectivity index (χ1) is 14.5. The normalized spacial score (nSPS) is 20.3. The van der Waals surface area contributed by atoms with Crippen LogP contribution in [-0.4, -0.2) is 55.1 Å². The molecular weight excluding hydrogens is 422 g/mol. The Labute approximate surface area is 180 Å². The first kappa shape index (κ1) is 21.0. The van der Waals surface area contributed by atoms with Crippen molar-refractivity contribution in [1.82, 2.24) is 9.21 Å². The predicted octanol–water partition coefficient (Wildman–Crippen LogP) is 3.17. The molecule has 2 aliphatic heterocycles. The molecule has 1 atom stereocenters. The summed E-state index contributed by atoms with van der Waals surface area (Å²) in [6.45, 7) is 1.60. The number of nitrogens with zero attached hydrogens (tertiary/aromatic N) is 2. The Kier molecular flexibility index (Phi) is 6.21. The van der Waals surface area contributed by atoms with E-state index in [4.69, 9.17) is 0 Å². The number of benzene rings is 1. The molecule has 1 N–H and O–H groups in total. The highest BCUT2D eigenvalue weighted by Gasteiger charge is 2.35. The Morgan fingerprint density at radius 3 is 2.53 bits per heavy atom. The van der Waals surface area contributed by atoms with Gasteiger partial charge in [0, 0.05) is 25.3 Å². The van der Waals surface area contributed by atoms with Gasteiger partial charge >= 0.3 is 0 Å². The van der Waals surface area contributed by atoms with Crippen LogP contribution >= 0.6 is 11.3 Å². The number of anilines is 1. The lowest BCUT2D eigenvalue weighted by Gasteiger charge is -2.26. The van der Waals surface area contributed by atoms with Gasteiger partial charge in [-0.25, -0.2) is 8.42 Å². The first-order valence-electron chi connectivity index (χ1n) is 10.2. The minimum Gasteiger partial charge on any atom is -0.326 e. The van der Waals surface area contributed by atoms with Crippen LogP contribution in [0.2, 0.25) is 0 Å². The third kappa shape index (κ3) is 4.28. The van der Waals surface area contributed by atoms with E-state index in [-0.39, 0.29) is 16.7 Å². The van der Waals surface area contributed by atoms with Crippen molar-refractivity contribution >= 4 is 38.9 Å². The van der Waals surface area contributed by atoms with Crippen molar-refractivity contribution in [2.45, 2.75) is 43.0 Å². The molecule has 2 aliphatic rings. The maximum atomic E-state index is 12.9. The number of rotatable bonds is 5. The van der Waals surface area contributed by atoms with Gasteiger partial charge < -0.3 is 10.2 Å². The highest BCUT2D eigenvalue weighted by molar-refractivity contribution is 7.89. The summed E-state index contributed by atoms with van der Waals surface area (Å²) in [6, 6.07) is 9.39. The number of nitrogens with one attached hydrogen (secondary N) is 1. The lowest BCUT2D eigenvalue weighted by Crippen LogP contribution is -2.43. The second kappa shape index (κ2) is 8.87. The van der Waals surface area contributed by atoms with Crippen LogP contribution in [0.15, 0.2) is 46.7 Å². The average molecular weight is 448 g/mol. The van der Waals surface area contributed by atoms with Gasteiger partial charge in [-0.05, 0) is 55.3 Å². The number of carbonyl (C=O) groups is 2. The van der Waals surface area contributed by atoms with E-state index in [0.717, 1.165) is 25.7 Å². The van der Waals surface area contributed by atoms with Crippen LogP contribution < -0.4 is 5.32 Å². The zero-order valence-corrected chi connectivity index (χ0v) is 18.3. The summed E-state index contributed by atoms with van der Waals surface area (Å²) in [5.41, 5.74) is 0.425. The molecule has 1 unspecified atom stereocenters. The lowest BCUT2D eigenvalue weighted by molar-refractivity contribution is -0.119. The summed E-state index contributed by atoms with van der Waals surface area (Å²) >= 11 is 1.36. The van der Waals surface area contributed by atoms with Crippen LogP contribution in [0.5, 0.6) is 0 Å². The van der Waals surface area contributed by atoms with Gasteiger partial charge in [0.15, 0.2) is 0 Å². The van der Waals surface area contributed by atoms with Crippen molar-refractivity contribution in [1.29, 1.82) is 0 Å². The van der Waals surface area contributed by atoms with E-state index in [1.807, 2.05) is 11.4 Å². The fraction of sp³-hybridized carbons (Fsp3) is 0.429. The summed E-state index contributed by atoms with van der Waals surface area (Å²) in [7, 11) is -3.57. The van der Waals surface area contributed by atoms with Crippen molar-refractivity contribution in [2.75, 3.05) is 25.0 Å². The van der Waals surface area contributed by atoms with Crippen LogP contribution in [0.3, 0.4) is 0 Å². The zero-order chi connectivity index (χ0) is 21.1. The summed E-state index contributed by atoms with van der Waals surface area (Å²) < 4.78 is 27.3. The quantitative estimate of drug-likeness (QED) is 0.763. The number of piperidine rings is 1. The molecule has 0 spiro atoms. The zero-order valence-electron chi connectivity index (χ0n) is 16.6. The van der Waals surface area contributed by atoms with Crippen LogP contribution in [0.25, 0.3) is 0 Å². The highest BCUT2D eigenvalue weighted by atomic mass is 32.2. The first-order valence-corrected chi connectivity index (χ1v) is 12.5. The fourth-order valence-electron chi connectivity index (χ4n) is 4.04. The molecule has 2 fully saturated rings. The number of carbonyl (C=O) groups excluding carboxylic acids is 2. The molecule has 1 aromatic heterocycles. The summed E-state index contributed by atoms with van der Waals surface area (Å²) in [6.07, 6.45) is 4.13. The van der Waals surface area contributed by atoms with Crippen molar-refractivity contribution in [3.63, 3.8) is 0 Å². The third-order valence-corrected chi connectivity index (χ3v) is 8.36. The summed E-state index contributed by atoms with van der Waals surface area (Å²) in [5.74, 6) is -0.422. The maximum absolute atomic E-state index is 12.9. The van der Waals surface area contributed by atoms with Crippen LogP contribution in [0.1, 0.15) is 41.8 Å². The largest absolute Gasteiger partial charge is 0.326 e. The highest BCUT2D eigenvalue weighted by Crippen LogP contribution is 2.25. The number of hydrogen-bond acceptors (Lipinski definition) is 5. The van der Waals surface area contributed by atoms with Crippen molar-refractivity contribution in [3.8, 4) is 0 Å². The molecule has 0 bridgehead atoms. The third-order valence-electron chi connectivity index (χ3n) is 5.60. The smallest absolute Gasteiger partial charge is 0.264 e. The van der Waals surface area contributed by atoms with Gasteiger partial charge in [-0.2, -0.15) is 4.31 Å². The second-order valence-electron chi connectivity index (χ2n) is 7.62. The standard InChI is InChI=1S/C21H25N3O4S2/c25-20(18-9-5-13-24(18)21(26)19-10-6-14-29-19)22-16-7-4-8-17(15-16)30(27,28)23-11-2-1-3-12-23/h4,6-8,10,14-15,18H,1-3,5,9,11-13H2,(H,22,25). The van der Waals surface area contributed by atoms with Crippen molar-refractivity contribution < 1.29 is 18.0 Å². The predicted molar refractivity (Wildman–Crippen MR) is 116 cm³/mol. The van der Waals surface area contributed by atoms with Crippen LogP contribution in [0.4, 0.5) is 5.69 Å². The minimum atomic E-state index is -3.57. The molecule has 0 aliphatic carbocycles. The number of amides is 2. The van der Waals surface area contributed by atoms with Crippen LogP contribution in [-0.2, 0) is 14.8 Å². The number of sulfonamides is 1. The van der Waals surface area contributed by atoms with E-state index < -0.39 is 16.1 Å². The molecule has 160 valence electrons. The molecule has 1 aromatic carbocycles. The van der Waals surface area contributed by atoms with Crippen LogP contribution in [0, 0.1) is 0 Å². The number of likely N-dealkylation sites (tertiary alicyclic amines) is 1. The monoisotopic (exact) mass is 447 g/mol. The maximum Gasteiger partial charge on any atom is 0.264 e. The van der Waals surface area contributed by atoms with Crippen molar-refractivity contribution in [2.24, 2.45) is 0 Å². The molecule has 9 heteroatoms. The Morgan fingerprint density at radius 1 is 1.00 bits per heavy atom. The molecular formula is C21H25N3O4S2. The SMILES string of the molecule is O=C(Nc1cccc(S(=O)(=O)N2CCCCC2)c1)C1CCCN1C(=O)c1cccs1. The van der Waals surface area contributed by atoms with Gasteiger partial charge in [0.2, 0.25) is 15.9 Å². The Bertz CT molecular complexity index is 1010. The van der Waals surface area contributed by atoms with E-state index in [0.29, 0.717) is 36.6 Å². The van der Waals surface area contributed by atoms with Gasteiger partial charge in [-0.15, -0.1) is 11.3 Å². The molecule has 7 nitrogen and oxygen atoms in total. The van der Waals surface area contributed by atoms with Gasteiger partial charge in [0.1, 0.15) is 6.04 Å². The molecule has 2 aromatic rings. The molecule has 3 heterocycles. The molecule has 2 saturated heterocycles. The second-order valence-corrected chi connectivity index (χ2v) is 10.5. The molecule has 0 radical (unpaired) electrons. The van der Waals surface area contributed by atoms with Crippen molar-refractivity contribution in [3.05, 3.63) is 46.7 Å².